The van der Waals surface area contributed by atoms with Crippen LogP contribution in [0.1, 0.15) is 5.82 Å². The second-order valence-corrected chi connectivity index (χ2v) is 4.36. The Bertz CT molecular complexity index is 549. The predicted molar refractivity (Wildman–Crippen MR) is 63.3 cm³/mol. The molecule has 7 nitrogen and oxygen atoms in total. The number of imidazole rings is 1. The van der Waals surface area contributed by atoms with Crippen molar-refractivity contribution in [3.63, 3.8) is 0 Å². The summed E-state index contributed by atoms with van der Waals surface area (Å²) in [4.78, 5) is 37.7. The Kier molecular flexibility index (Phi) is 3.47. The van der Waals surface area contributed by atoms with Crippen LogP contribution in [-0.2, 0) is 20.9 Å². The molecule has 18 heavy (non-hydrogen) atoms. The van der Waals surface area contributed by atoms with Crippen molar-refractivity contribution in [2.24, 2.45) is 0 Å². The molecule has 2 amide bonds. The Morgan fingerprint density at radius 1 is 1.61 bits per heavy atom. The molecule has 0 spiro atoms. The first kappa shape index (κ1) is 12.4. The number of nitrogens with one attached hydrogen (secondary N) is 1. The first-order chi connectivity index (χ1) is 8.60. The monoisotopic (exact) mass is 267 g/mol. The van der Waals surface area contributed by atoms with E-state index in [1.54, 1.807) is 6.20 Å². The summed E-state index contributed by atoms with van der Waals surface area (Å²) in [6.45, 7) is -0.00412. The quantitative estimate of drug-likeness (QED) is 0.629. The molecule has 1 saturated heterocycles. The number of imide groups is 1. The third-order valence-electron chi connectivity index (χ3n) is 2.18. The summed E-state index contributed by atoms with van der Waals surface area (Å²) in [5, 5.41) is 1.72. The number of carbonyl (C=O) groups is 3. The highest BCUT2D eigenvalue weighted by Gasteiger charge is 2.25. The molecule has 2 rings (SSSR count). The van der Waals surface area contributed by atoms with Crippen molar-refractivity contribution in [2.75, 3.05) is 7.11 Å². The number of esters is 1. The zero-order valence-electron chi connectivity index (χ0n) is 9.37. The Balaban J connectivity index is 2.22. The normalized spacial score (nSPS) is 17.1. The van der Waals surface area contributed by atoms with Crippen LogP contribution in [-0.4, -0.2) is 33.8 Å². The Hall–Kier alpha value is -2.09. The summed E-state index contributed by atoms with van der Waals surface area (Å²) in [5.41, 5.74) is 0. The predicted octanol–water partition coefficient (Wildman–Crippen LogP) is 0.380. The Labute approximate surface area is 106 Å². The van der Waals surface area contributed by atoms with Crippen molar-refractivity contribution < 1.29 is 19.1 Å². The molecule has 0 unspecified atom stereocenters. The molecular formula is C10H9N3O4S. The van der Waals surface area contributed by atoms with Crippen molar-refractivity contribution >= 4 is 35.0 Å². The van der Waals surface area contributed by atoms with Gasteiger partial charge in [-0.2, -0.15) is 0 Å². The van der Waals surface area contributed by atoms with Crippen LogP contribution < -0.4 is 5.32 Å². The van der Waals surface area contributed by atoms with Crippen LogP contribution in [0.5, 0.6) is 0 Å². The maximum atomic E-state index is 11.4. The zero-order valence-corrected chi connectivity index (χ0v) is 10.2. The van der Waals surface area contributed by atoms with Crippen LogP contribution in [0.3, 0.4) is 0 Å². The molecule has 8 heteroatoms. The summed E-state index contributed by atoms with van der Waals surface area (Å²) in [6.07, 6.45) is 4.53. The average Bonchev–Trinajstić information content (AvgIpc) is 2.87. The molecule has 0 saturated carbocycles. The minimum atomic E-state index is -0.461. The number of hydrogen-bond acceptors (Lipinski definition) is 6. The van der Waals surface area contributed by atoms with E-state index in [-0.39, 0.29) is 11.4 Å². The Morgan fingerprint density at radius 2 is 2.39 bits per heavy atom. The summed E-state index contributed by atoms with van der Waals surface area (Å²) in [7, 11) is 1.29. The first-order valence-corrected chi connectivity index (χ1v) is 5.74. The third kappa shape index (κ3) is 2.59. The van der Waals surface area contributed by atoms with E-state index in [4.69, 9.17) is 0 Å². The summed E-state index contributed by atoms with van der Waals surface area (Å²) < 4.78 is 6.06. The molecule has 0 radical (unpaired) electrons. The molecule has 1 aromatic heterocycles. The number of amides is 2. The summed E-state index contributed by atoms with van der Waals surface area (Å²) >= 11 is 0.797. The number of ether oxygens (including phenoxy) is 1. The topological polar surface area (TPSA) is 90.3 Å². The van der Waals surface area contributed by atoms with Gasteiger partial charge < -0.3 is 9.30 Å². The van der Waals surface area contributed by atoms with Crippen molar-refractivity contribution in [1.29, 1.82) is 0 Å². The third-order valence-corrected chi connectivity index (χ3v) is 2.99. The van der Waals surface area contributed by atoms with E-state index >= 15 is 0 Å². The standard InChI is InChI=1S/C10H9N3O4S/c1-17-8(14)5-13-3-2-11-7(13)4-6-9(15)12-10(16)18-6/h2-4H,5H2,1H3,(H,12,15,16). The van der Waals surface area contributed by atoms with E-state index in [2.05, 4.69) is 15.0 Å². The van der Waals surface area contributed by atoms with E-state index in [1.165, 1.54) is 23.9 Å². The molecule has 2 heterocycles. The molecule has 1 aliphatic rings. The van der Waals surface area contributed by atoms with Gasteiger partial charge in [0.25, 0.3) is 11.1 Å². The second kappa shape index (κ2) is 5.05. The number of nitrogens with zero attached hydrogens (tertiary/aromatic N) is 2. The smallest absolute Gasteiger partial charge is 0.325 e. The van der Waals surface area contributed by atoms with Crippen molar-refractivity contribution in [3.8, 4) is 0 Å². The van der Waals surface area contributed by atoms with E-state index < -0.39 is 17.1 Å². The molecule has 1 aliphatic heterocycles. The van der Waals surface area contributed by atoms with Gasteiger partial charge in [-0.25, -0.2) is 4.98 Å². The summed E-state index contributed by atoms with van der Waals surface area (Å²) in [6, 6.07) is 0. The lowest BCUT2D eigenvalue weighted by molar-refractivity contribution is -0.141. The van der Waals surface area contributed by atoms with Crippen LogP contribution in [0, 0.1) is 0 Å². The average molecular weight is 267 g/mol. The van der Waals surface area contributed by atoms with Gasteiger partial charge in [-0.05, 0) is 11.8 Å². The molecule has 0 bridgehead atoms. The van der Waals surface area contributed by atoms with Gasteiger partial charge in [-0.3, -0.25) is 19.7 Å². The van der Waals surface area contributed by atoms with E-state index in [9.17, 15) is 14.4 Å². The van der Waals surface area contributed by atoms with Gasteiger partial charge >= 0.3 is 5.97 Å². The molecule has 1 fully saturated rings. The highest BCUT2D eigenvalue weighted by molar-refractivity contribution is 8.18. The maximum absolute atomic E-state index is 11.4. The fraction of sp³-hybridized carbons (Fsp3) is 0.200. The molecule has 94 valence electrons. The number of methoxy groups -OCH3 is 1. The number of thioether (sulfide) groups is 1. The van der Waals surface area contributed by atoms with Gasteiger partial charge in [-0.15, -0.1) is 0 Å². The second-order valence-electron chi connectivity index (χ2n) is 3.34. The lowest BCUT2D eigenvalue weighted by Gasteiger charge is -2.03. The van der Waals surface area contributed by atoms with E-state index in [0.717, 1.165) is 11.8 Å². The van der Waals surface area contributed by atoms with E-state index in [1.807, 2.05) is 0 Å². The van der Waals surface area contributed by atoms with Crippen molar-refractivity contribution in [2.45, 2.75) is 6.54 Å². The van der Waals surface area contributed by atoms with Crippen LogP contribution in [0.4, 0.5) is 4.79 Å². The van der Waals surface area contributed by atoms with Crippen LogP contribution >= 0.6 is 11.8 Å². The largest absolute Gasteiger partial charge is 0.468 e. The molecule has 0 aliphatic carbocycles. The minimum absolute atomic E-state index is 0.00412. The Morgan fingerprint density at radius 3 is 3.00 bits per heavy atom. The highest BCUT2D eigenvalue weighted by Crippen LogP contribution is 2.24. The van der Waals surface area contributed by atoms with Gasteiger partial charge in [-0.1, -0.05) is 0 Å². The molecule has 0 aromatic carbocycles. The fourth-order valence-electron chi connectivity index (χ4n) is 1.34. The lowest BCUT2D eigenvalue weighted by atomic mass is 10.4. The highest BCUT2D eigenvalue weighted by atomic mass is 32.2. The van der Waals surface area contributed by atoms with Crippen LogP contribution in [0.2, 0.25) is 0 Å². The van der Waals surface area contributed by atoms with Crippen LogP contribution in [0.15, 0.2) is 17.3 Å². The molecule has 1 aromatic rings. The van der Waals surface area contributed by atoms with E-state index in [0.29, 0.717) is 5.82 Å². The van der Waals surface area contributed by atoms with Gasteiger partial charge in [0, 0.05) is 18.5 Å². The minimum Gasteiger partial charge on any atom is -0.468 e. The van der Waals surface area contributed by atoms with Crippen molar-refractivity contribution in [1.82, 2.24) is 14.9 Å². The number of carbonyl (C=O) groups excluding carboxylic acids is 3. The lowest BCUT2D eigenvalue weighted by Crippen LogP contribution is -2.18. The van der Waals surface area contributed by atoms with Gasteiger partial charge in [0.05, 0.1) is 12.0 Å². The van der Waals surface area contributed by atoms with Crippen LogP contribution in [0.25, 0.3) is 6.08 Å². The fourth-order valence-corrected chi connectivity index (χ4v) is 1.99. The van der Waals surface area contributed by atoms with Gasteiger partial charge in [0.2, 0.25) is 0 Å². The molecule has 0 atom stereocenters. The number of rotatable bonds is 3. The molecular weight excluding hydrogens is 258 g/mol. The maximum Gasteiger partial charge on any atom is 0.325 e. The van der Waals surface area contributed by atoms with Gasteiger partial charge in [0.1, 0.15) is 12.4 Å². The molecule has 1 N–H and O–H groups in total. The van der Waals surface area contributed by atoms with Gasteiger partial charge in [0.15, 0.2) is 0 Å². The SMILES string of the molecule is COC(=O)Cn1ccnc1C=C1SC(=O)NC1=O. The first-order valence-electron chi connectivity index (χ1n) is 4.93. The number of hydrogen-bond donors (Lipinski definition) is 1. The summed E-state index contributed by atoms with van der Waals surface area (Å²) in [5.74, 6) is -0.474. The van der Waals surface area contributed by atoms with Crippen molar-refractivity contribution in [3.05, 3.63) is 23.1 Å². The number of aromatic nitrogens is 2. The zero-order chi connectivity index (χ0) is 13.1.